The lowest BCUT2D eigenvalue weighted by Crippen LogP contribution is -2.54. The summed E-state index contributed by atoms with van der Waals surface area (Å²) in [6.45, 7) is 4.99. The van der Waals surface area contributed by atoms with Crippen molar-refractivity contribution in [2.75, 3.05) is 0 Å². The van der Waals surface area contributed by atoms with E-state index in [2.05, 4.69) is 24.1 Å². The summed E-state index contributed by atoms with van der Waals surface area (Å²) in [6, 6.07) is 0. The molecule has 26 heavy (non-hydrogen) atoms. The van der Waals surface area contributed by atoms with E-state index in [1.54, 1.807) is 0 Å². The van der Waals surface area contributed by atoms with Gasteiger partial charge in [-0.25, -0.2) is 0 Å². The van der Waals surface area contributed by atoms with Gasteiger partial charge in [0.25, 0.3) is 0 Å². The van der Waals surface area contributed by atoms with E-state index in [-0.39, 0.29) is 12.1 Å². The zero-order chi connectivity index (χ0) is 18.5. The summed E-state index contributed by atoms with van der Waals surface area (Å²) in [5.74, 6) is 3.75. The smallest absolute Gasteiger partial charge is 0.211 e. The van der Waals surface area contributed by atoms with Gasteiger partial charge in [0.05, 0.1) is 6.10 Å². The largest absolute Gasteiger partial charge is 0.393 e. The van der Waals surface area contributed by atoms with Gasteiger partial charge >= 0.3 is 0 Å². The molecule has 4 fully saturated rings. The van der Waals surface area contributed by atoms with Crippen molar-refractivity contribution in [3.63, 3.8) is 0 Å². The Balaban J connectivity index is 1.56. The Morgan fingerprint density at radius 1 is 0.962 bits per heavy atom. The van der Waals surface area contributed by atoms with Crippen molar-refractivity contribution in [1.82, 2.24) is 0 Å². The van der Waals surface area contributed by atoms with Crippen LogP contribution in [0.25, 0.3) is 0 Å². The molecule has 4 saturated carbocycles. The van der Waals surface area contributed by atoms with Crippen LogP contribution < -0.4 is 11.5 Å². The van der Waals surface area contributed by atoms with Crippen molar-refractivity contribution in [1.29, 1.82) is 0 Å². The Labute approximate surface area is 157 Å². The predicted octanol–water partition coefficient (Wildman–Crippen LogP) is 3.27. The molecule has 0 spiro atoms. The molecule has 0 aromatic carbocycles. The van der Waals surface area contributed by atoms with Gasteiger partial charge in [0.15, 0.2) is 0 Å². The molecule has 0 aromatic heterocycles. The van der Waals surface area contributed by atoms with Crippen molar-refractivity contribution in [2.45, 2.75) is 77.7 Å². The molecule has 4 aliphatic rings. The average molecular weight is 361 g/mol. The van der Waals surface area contributed by atoms with Gasteiger partial charge in [-0.2, -0.15) is 5.10 Å². The molecule has 8 atom stereocenters. The molecule has 0 aromatic rings. The number of nitrogens with two attached hydrogens (primary N) is 2. The number of aliphatic hydroxyl groups is 1. The highest BCUT2D eigenvalue weighted by Crippen LogP contribution is 2.67. The molecular formula is C21H36N4O. The number of rotatable bonds is 2. The molecular weight excluding hydrogens is 324 g/mol. The molecule has 0 aliphatic heterocycles. The van der Waals surface area contributed by atoms with Crippen LogP contribution in [0.1, 0.15) is 71.6 Å². The second kappa shape index (κ2) is 6.50. The zero-order valence-corrected chi connectivity index (χ0v) is 16.4. The lowest BCUT2D eigenvalue weighted by molar-refractivity contribution is -0.127. The summed E-state index contributed by atoms with van der Waals surface area (Å²) in [5.41, 5.74) is 11.5. The summed E-state index contributed by atoms with van der Waals surface area (Å²) in [7, 11) is 0. The van der Waals surface area contributed by atoms with Crippen molar-refractivity contribution >= 4 is 12.2 Å². The number of fused-ring (bicyclic) bond motifs is 5. The molecule has 0 radical (unpaired) electrons. The first kappa shape index (κ1) is 18.3. The highest BCUT2D eigenvalue weighted by Gasteiger charge is 2.59. The first-order valence-corrected chi connectivity index (χ1v) is 10.6. The number of nitrogens with zero attached hydrogens (tertiary/aromatic N) is 2. The maximum absolute atomic E-state index is 10.4. The molecule has 0 heterocycles. The third-order valence-corrected chi connectivity index (χ3v) is 9.08. The average Bonchev–Trinajstić information content (AvgIpc) is 2.90. The lowest BCUT2D eigenvalue weighted by Gasteiger charge is -2.60. The van der Waals surface area contributed by atoms with Crippen molar-refractivity contribution < 1.29 is 5.11 Å². The number of guanidine groups is 1. The Bertz CT molecular complexity index is 601. The minimum absolute atomic E-state index is 0.0340. The van der Waals surface area contributed by atoms with E-state index in [1.165, 1.54) is 44.9 Å². The fourth-order valence-electron chi connectivity index (χ4n) is 7.80. The quantitative estimate of drug-likeness (QED) is 0.400. The number of hydrogen-bond acceptors (Lipinski definition) is 3. The van der Waals surface area contributed by atoms with E-state index in [4.69, 9.17) is 11.5 Å². The van der Waals surface area contributed by atoms with Crippen LogP contribution >= 0.6 is 0 Å². The molecule has 0 amide bonds. The maximum atomic E-state index is 10.4. The summed E-state index contributed by atoms with van der Waals surface area (Å²) < 4.78 is 0. The monoisotopic (exact) mass is 360 g/mol. The van der Waals surface area contributed by atoms with Crippen LogP contribution in [0.3, 0.4) is 0 Å². The van der Waals surface area contributed by atoms with Crippen LogP contribution in [0, 0.1) is 40.4 Å². The van der Waals surface area contributed by atoms with Gasteiger partial charge in [-0.1, -0.05) is 13.8 Å². The first-order valence-electron chi connectivity index (χ1n) is 10.6. The second-order valence-corrected chi connectivity index (χ2v) is 10.1. The third-order valence-electron chi connectivity index (χ3n) is 9.08. The van der Waals surface area contributed by atoms with E-state index in [9.17, 15) is 5.11 Å². The Kier molecular flexibility index (Phi) is 4.57. The van der Waals surface area contributed by atoms with Crippen molar-refractivity contribution in [3.05, 3.63) is 0 Å². The van der Waals surface area contributed by atoms with E-state index < -0.39 is 0 Å². The van der Waals surface area contributed by atoms with E-state index >= 15 is 0 Å². The molecule has 5 N–H and O–H groups in total. The SMILES string of the molecule is C[C@]12CC(O)CCC1CC[C@@H]1[C@H]2CC[C@]2(C)C(C=NN=C(N)N)CC[C@@H]12. The first-order chi connectivity index (χ1) is 12.3. The van der Waals surface area contributed by atoms with Crippen LogP contribution in [-0.2, 0) is 0 Å². The lowest BCUT2D eigenvalue weighted by atomic mass is 9.44. The van der Waals surface area contributed by atoms with E-state index in [0.29, 0.717) is 16.7 Å². The normalized spacial score (nSPS) is 50.7. The molecule has 146 valence electrons. The Hall–Kier alpha value is -1.10. The molecule has 4 rings (SSSR count). The summed E-state index contributed by atoms with van der Waals surface area (Å²) in [5, 5.41) is 18.4. The van der Waals surface area contributed by atoms with Gasteiger partial charge < -0.3 is 16.6 Å². The third kappa shape index (κ3) is 2.78. The van der Waals surface area contributed by atoms with Gasteiger partial charge in [0.2, 0.25) is 5.96 Å². The van der Waals surface area contributed by atoms with Gasteiger partial charge in [-0.05, 0) is 92.3 Å². The highest BCUT2D eigenvalue weighted by atomic mass is 16.3. The van der Waals surface area contributed by atoms with Crippen LogP contribution in [0.4, 0.5) is 0 Å². The maximum Gasteiger partial charge on any atom is 0.211 e. The Morgan fingerprint density at radius 3 is 2.46 bits per heavy atom. The summed E-state index contributed by atoms with van der Waals surface area (Å²) in [6.07, 6.45) is 13.1. The van der Waals surface area contributed by atoms with Crippen molar-refractivity contribution in [3.8, 4) is 0 Å². The van der Waals surface area contributed by atoms with Gasteiger partial charge in [-0.3, -0.25) is 0 Å². The fourth-order valence-corrected chi connectivity index (χ4v) is 7.80. The zero-order valence-electron chi connectivity index (χ0n) is 16.4. The van der Waals surface area contributed by atoms with E-state index in [0.717, 1.165) is 36.5 Å². The molecule has 3 unspecified atom stereocenters. The highest BCUT2D eigenvalue weighted by molar-refractivity contribution is 5.76. The number of aliphatic hydroxyl groups excluding tert-OH is 1. The summed E-state index contributed by atoms with van der Waals surface area (Å²) >= 11 is 0. The van der Waals surface area contributed by atoms with Crippen LogP contribution in [-0.4, -0.2) is 23.4 Å². The van der Waals surface area contributed by atoms with Crippen LogP contribution in [0.2, 0.25) is 0 Å². The van der Waals surface area contributed by atoms with Crippen LogP contribution in [0.5, 0.6) is 0 Å². The molecule has 0 bridgehead atoms. The van der Waals surface area contributed by atoms with Gasteiger partial charge in [0, 0.05) is 12.1 Å². The molecule has 5 nitrogen and oxygen atoms in total. The minimum Gasteiger partial charge on any atom is -0.393 e. The topological polar surface area (TPSA) is 97.0 Å². The molecule has 5 heteroatoms. The predicted molar refractivity (Wildman–Crippen MR) is 106 cm³/mol. The molecule has 0 saturated heterocycles. The second-order valence-electron chi connectivity index (χ2n) is 10.1. The standard InChI is InChI=1S/C21H36N4O/c1-20-10-9-18-16(7-4-13-3-6-15(26)11-21(13,18)2)17(20)8-5-14(20)12-24-25-19(22)23/h12-18,26H,3-11H2,1-2H3,(H4,22,23,25)/t13?,14?,15?,16-,17-,18+,20+,21-/m0/s1. The summed E-state index contributed by atoms with van der Waals surface area (Å²) in [4.78, 5) is 0. The van der Waals surface area contributed by atoms with E-state index in [1.807, 2.05) is 6.21 Å². The van der Waals surface area contributed by atoms with Gasteiger partial charge in [-0.15, -0.1) is 5.10 Å². The minimum atomic E-state index is -0.0775. The Morgan fingerprint density at radius 2 is 1.69 bits per heavy atom. The van der Waals surface area contributed by atoms with Crippen molar-refractivity contribution in [2.24, 2.45) is 62.1 Å². The van der Waals surface area contributed by atoms with Crippen LogP contribution in [0.15, 0.2) is 10.2 Å². The molecule has 4 aliphatic carbocycles. The number of hydrogen-bond donors (Lipinski definition) is 3. The van der Waals surface area contributed by atoms with Gasteiger partial charge in [0.1, 0.15) is 0 Å². The fraction of sp³-hybridized carbons (Fsp3) is 0.905.